The van der Waals surface area contributed by atoms with Crippen LogP contribution in [-0.2, 0) is 4.74 Å². The van der Waals surface area contributed by atoms with E-state index in [1.54, 1.807) is 0 Å². The monoisotopic (exact) mass is 275 g/mol. The summed E-state index contributed by atoms with van der Waals surface area (Å²) in [5.41, 5.74) is 1.69. The van der Waals surface area contributed by atoms with Crippen LogP contribution in [0, 0.1) is 11.8 Å². The zero-order chi connectivity index (χ0) is 14.5. The molecule has 2 unspecified atom stereocenters. The Morgan fingerprint density at radius 2 is 1.85 bits per heavy atom. The van der Waals surface area contributed by atoms with Crippen molar-refractivity contribution in [1.82, 2.24) is 0 Å². The predicted molar refractivity (Wildman–Crippen MR) is 82.0 cm³/mol. The number of hydrogen-bond donors (Lipinski definition) is 1. The Balaban J connectivity index is 2.03. The second-order valence-electron chi connectivity index (χ2n) is 6.01. The number of benzene rings is 1. The summed E-state index contributed by atoms with van der Waals surface area (Å²) in [4.78, 5) is 11.4. The van der Waals surface area contributed by atoms with Crippen LogP contribution < -0.4 is 5.32 Å². The van der Waals surface area contributed by atoms with E-state index >= 15 is 0 Å². The Bertz CT molecular complexity index is 439. The maximum absolute atomic E-state index is 11.4. The third-order valence-electron chi connectivity index (χ3n) is 4.33. The van der Waals surface area contributed by atoms with Crippen molar-refractivity contribution in [2.75, 3.05) is 12.4 Å². The quantitative estimate of drug-likeness (QED) is 0.841. The minimum atomic E-state index is -0.283. The minimum Gasteiger partial charge on any atom is -0.465 e. The van der Waals surface area contributed by atoms with Gasteiger partial charge in [0.05, 0.1) is 12.7 Å². The Hall–Kier alpha value is -1.51. The molecule has 1 aromatic rings. The molecule has 3 nitrogen and oxygen atoms in total. The third-order valence-corrected chi connectivity index (χ3v) is 4.33. The van der Waals surface area contributed by atoms with E-state index in [2.05, 4.69) is 19.2 Å². The van der Waals surface area contributed by atoms with Gasteiger partial charge in [-0.1, -0.05) is 26.7 Å². The molecule has 1 N–H and O–H groups in total. The Morgan fingerprint density at radius 3 is 2.45 bits per heavy atom. The van der Waals surface area contributed by atoms with E-state index in [9.17, 15) is 4.79 Å². The van der Waals surface area contributed by atoms with Crippen molar-refractivity contribution in [3.63, 3.8) is 0 Å². The summed E-state index contributed by atoms with van der Waals surface area (Å²) in [7, 11) is 1.41. The second-order valence-corrected chi connectivity index (χ2v) is 6.01. The topological polar surface area (TPSA) is 38.3 Å². The van der Waals surface area contributed by atoms with E-state index in [-0.39, 0.29) is 5.97 Å². The summed E-state index contributed by atoms with van der Waals surface area (Å²) in [5.74, 6) is 1.17. The van der Waals surface area contributed by atoms with Crippen LogP contribution in [0.2, 0.25) is 0 Å². The summed E-state index contributed by atoms with van der Waals surface area (Å²) in [6.07, 6.45) is 5.21. The molecule has 1 aliphatic carbocycles. The smallest absolute Gasteiger partial charge is 0.337 e. The van der Waals surface area contributed by atoms with Crippen molar-refractivity contribution < 1.29 is 9.53 Å². The first-order valence-electron chi connectivity index (χ1n) is 7.56. The summed E-state index contributed by atoms with van der Waals surface area (Å²) < 4.78 is 4.72. The van der Waals surface area contributed by atoms with Crippen molar-refractivity contribution in [2.24, 2.45) is 11.8 Å². The van der Waals surface area contributed by atoms with Gasteiger partial charge < -0.3 is 10.1 Å². The van der Waals surface area contributed by atoms with Gasteiger partial charge in [0, 0.05) is 11.7 Å². The molecule has 0 radical (unpaired) electrons. The molecule has 2 rings (SSSR count). The molecule has 3 heteroatoms. The van der Waals surface area contributed by atoms with Gasteiger partial charge >= 0.3 is 5.97 Å². The average molecular weight is 275 g/mol. The van der Waals surface area contributed by atoms with E-state index in [0.29, 0.717) is 17.5 Å². The zero-order valence-electron chi connectivity index (χ0n) is 12.7. The van der Waals surface area contributed by atoms with Gasteiger partial charge in [0.2, 0.25) is 0 Å². The van der Waals surface area contributed by atoms with Crippen LogP contribution in [0.15, 0.2) is 24.3 Å². The molecule has 2 atom stereocenters. The van der Waals surface area contributed by atoms with Gasteiger partial charge in [-0.25, -0.2) is 4.79 Å². The maximum Gasteiger partial charge on any atom is 0.337 e. The first kappa shape index (κ1) is 14.9. The summed E-state index contributed by atoms with van der Waals surface area (Å²) >= 11 is 0. The Kier molecular flexibility index (Phi) is 5.05. The number of anilines is 1. The lowest BCUT2D eigenvalue weighted by molar-refractivity contribution is 0.0601. The normalized spacial score (nSPS) is 22.6. The number of rotatable bonds is 4. The molecular weight excluding hydrogens is 250 g/mol. The highest BCUT2D eigenvalue weighted by Crippen LogP contribution is 2.32. The molecule has 20 heavy (non-hydrogen) atoms. The van der Waals surface area contributed by atoms with Crippen molar-refractivity contribution in [3.05, 3.63) is 29.8 Å². The molecule has 0 amide bonds. The van der Waals surface area contributed by atoms with Gasteiger partial charge in [-0.2, -0.15) is 0 Å². The number of carbonyl (C=O) groups is 1. The first-order chi connectivity index (χ1) is 9.61. The van der Waals surface area contributed by atoms with Crippen LogP contribution in [0.4, 0.5) is 5.69 Å². The van der Waals surface area contributed by atoms with E-state index < -0.39 is 0 Å². The van der Waals surface area contributed by atoms with Crippen molar-refractivity contribution in [1.29, 1.82) is 0 Å². The number of ether oxygens (including phenoxy) is 1. The van der Waals surface area contributed by atoms with Gasteiger partial charge in [-0.15, -0.1) is 0 Å². The summed E-state index contributed by atoms with van der Waals surface area (Å²) in [6, 6.07) is 8.13. The molecule has 1 aromatic carbocycles. The highest BCUT2D eigenvalue weighted by atomic mass is 16.5. The number of carbonyl (C=O) groups excluding carboxylic acids is 1. The van der Waals surface area contributed by atoms with E-state index in [1.807, 2.05) is 24.3 Å². The number of esters is 1. The summed E-state index contributed by atoms with van der Waals surface area (Å²) in [6.45, 7) is 4.62. The standard InChI is InChI=1S/C17H25NO2/c1-12(2)15-6-4-5-7-16(15)18-14-10-8-13(9-11-14)17(19)20-3/h8-12,15-16,18H,4-7H2,1-3H3. The molecule has 1 aliphatic rings. The SMILES string of the molecule is COC(=O)c1ccc(NC2CCCCC2C(C)C)cc1. The fourth-order valence-corrected chi connectivity index (χ4v) is 3.17. The van der Waals surface area contributed by atoms with Crippen LogP contribution >= 0.6 is 0 Å². The second kappa shape index (κ2) is 6.78. The molecule has 0 aromatic heterocycles. The molecule has 0 spiro atoms. The molecule has 1 saturated carbocycles. The molecule has 0 aliphatic heterocycles. The number of hydrogen-bond acceptors (Lipinski definition) is 3. The van der Waals surface area contributed by atoms with Crippen molar-refractivity contribution >= 4 is 11.7 Å². The largest absolute Gasteiger partial charge is 0.465 e. The van der Waals surface area contributed by atoms with Gasteiger partial charge in [0.15, 0.2) is 0 Å². The van der Waals surface area contributed by atoms with Crippen LogP contribution in [0.5, 0.6) is 0 Å². The maximum atomic E-state index is 11.4. The average Bonchev–Trinajstić information content (AvgIpc) is 2.47. The van der Waals surface area contributed by atoms with E-state index in [0.717, 1.165) is 11.6 Å². The van der Waals surface area contributed by atoms with Crippen LogP contribution in [0.25, 0.3) is 0 Å². The van der Waals surface area contributed by atoms with Crippen LogP contribution in [0.1, 0.15) is 49.9 Å². The zero-order valence-corrected chi connectivity index (χ0v) is 12.7. The van der Waals surface area contributed by atoms with Gasteiger partial charge in [-0.05, 0) is 48.9 Å². The molecule has 0 heterocycles. The molecule has 0 bridgehead atoms. The molecule has 1 fully saturated rings. The summed E-state index contributed by atoms with van der Waals surface area (Å²) in [5, 5.41) is 3.64. The van der Waals surface area contributed by atoms with Gasteiger partial charge in [0.1, 0.15) is 0 Å². The number of methoxy groups -OCH3 is 1. The lowest BCUT2D eigenvalue weighted by Gasteiger charge is -2.35. The third kappa shape index (κ3) is 3.53. The highest BCUT2D eigenvalue weighted by Gasteiger charge is 2.27. The van der Waals surface area contributed by atoms with Gasteiger partial charge in [0.25, 0.3) is 0 Å². The lowest BCUT2D eigenvalue weighted by atomic mass is 9.78. The van der Waals surface area contributed by atoms with E-state index in [4.69, 9.17) is 4.74 Å². The first-order valence-corrected chi connectivity index (χ1v) is 7.56. The predicted octanol–water partition coefficient (Wildman–Crippen LogP) is 4.10. The molecular formula is C17H25NO2. The Morgan fingerprint density at radius 1 is 1.20 bits per heavy atom. The Labute approximate surface area is 121 Å². The highest BCUT2D eigenvalue weighted by molar-refractivity contribution is 5.89. The van der Waals surface area contributed by atoms with Crippen LogP contribution in [0.3, 0.4) is 0 Å². The number of nitrogens with one attached hydrogen (secondary N) is 1. The fourth-order valence-electron chi connectivity index (χ4n) is 3.17. The molecule has 110 valence electrons. The molecule has 0 saturated heterocycles. The fraction of sp³-hybridized carbons (Fsp3) is 0.588. The van der Waals surface area contributed by atoms with Crippen molar-refractivity contribution in [3.8, 4) is 0 Å². The van der Waals surface area contributed by atoms with Gasteiger partial charge in [-0.3, -0.25) is 0 Å². The lowest BCUT2D eigenvalue weighted by Crippen LogP contribution is -2.35. The van der Waals surface area contributed by atoms with Crippen LogP contribution in [-0.4, -0.2) is 19.1 Å². The van der Waals surface area contributed by atoms with Crippen molar-refractivity contribution in [2.45, 2.75) is 45.6 Å². The van der Waals surface area contributed by atoms with E-state index in [1.165, 1.54) is 32.8 Å². The minimum absolute atomic E-state index is 0.283.